The molecule has 0 saturated carbocycles. The standard InChI is InChI=1S/C14H15FN2O2S/c1-10-9-13(7-8-14(10)16)20(18,19)17(2)12-5-3-11(15)4-6-12/h3-9H,16H2,1-2H3. The molecule has 0 atom stereocenters. The highest BCUT2D eigenvalue weighted by Crippen LogP contribution is 2.24. The van der Waals surface area contributed by atoms with Gasteiger partial charge in [-0.05, 0) is 55.0 Å². The first-order valence-corrected chi connectivity index (χ1v) is 7.37. The Bertz CT molecular complexity index is 727. The molecule has 0 amide bonds. The van der Waals surface area contributed by atoms with Gasteiger partial charge in [-0.2, -0.15) is 0 Å². The first kappa shape index (κ1) is 14.3. The second-order valence-electron chi connectivity index (χ2n) is 4.47. The molecule has 0 unspecified atom stereocenters. The topological polar surface area (TPSA) is 63.4 Å². The predicted octanol–water partition coefficient (Wildman–Crippen LogP) is 2.54. The highest BCUT2D eigenvalue weighted by atomic mass is 32.2. The third-order valence-electron chi connectivity index (χ3n) is 3.09. The summed E-state index contributed by atoms with van der Waals surface area (Å²) in [6.07, 6.45) is 0. The van der Waals surface area contributed by atoms with Gasteiger partial charge in [0.2, 0.25) is 0 Å². The van der Waals surface area contributed by atoms with E-state index in [1.807, 2.05) is 0 Å². The fraction of sp³-hybridized carbons (Fsp3) is 0.143. The zero-order chi connectivity index (χ0) is 14.9. The lowest BCUT2D eigenvalue weighted by atomic mass is 10.2. The average Bonchev–Trinajstić information content (AvgIpc) is 2.41. The lowest BCUT2D eigenvalue weighted by Crippen LogP contribution is -2.26. The summed E-state index contributed by atoms with van der Waals surface area (Å²) in [4.78, 5) is 0.149. The SMILES string of the molecule is Cc1cc(S(=O)(=O)N(C)c2ccc(F)cc2)ccc1N. The number of rotatable bonds is 3. The molecule has 0 aromatic heterocycles. The van der Waals surface area contributed by atoms with Crippen LogP contribution in [0.3, 0.4) is 0 Å². The molecular weight excluding hydrogens is 279 g/mol. The molecule has 6 heteroatoms. The molecule has 0 aliphatic heterocycles. The average molecular weight is 294 g/mol. The Kier molecular flexibility index (Phi) is 3.67. The molecule has 0 fully saturated rings. The summed E-state index contributed by atoms with van der Waals surface area (Å²) in [6.45, 7) is 1.74. The van der Waals surface area contributed by atoms with E-state index in [2.05, 4.69) is 0 Å². The Morgan fingerprint density at radius 3 is 2.25 bits per heavy atom. The van der Waals surface area contributed by atoms with Gasteiger partial charge in [-0.3, -0.25) is 4.31 Å². The van der Waals surface area contributed by atoms with Gasteiger partial charge in [0.05, 0.1) is 10.6 Å². The second-order valence-corrected chi connectivity index (χ2v) is 6.44. The van der Waals surface area contributed by atoms with E-state index >= 15 is 0 Å². The molecule has 0 aliphatic rings. The summed E-state index contributed by atoms with van der Waals surface area (Å²) in [6, 6.07) is 9.79. The number of benzene rings is 2. The van der Waals surface area contributed by atoms with Gasteiger partial charge in [-0.1, -0.05) is 0 Å². The van der Waals surface area contributed by atoms with Crippen molar-refractivity contribution in [2.45, 2.75) is 11.8 Å². The molecule has 20 heavy (non-hydrogen) atoms. The Balaban J connectivity index is 2.43. The lowest BCUT2D eigenvalue weighted by Gasteiger charge is -2.20. The van der Waals surface area contributed by atoms with Crippen LogP contribution in [0, 0.1) is 12.7 Å². The van der Waals surface area contributed by atoms with E-state index in [-0.39, 0.29) is 4.90 Å². The Morgan fingerprint density at radius 1 is 1.10 bits per heavy atom. The normalized spacial score (nSPS) is 11.3. The lowest BCUT2D eigenvalue weighted by molar-refractivity contribution is 0.594. The molecular formula is C14H15FN2O2S. The molecule has 2 aromatic carbocycles. The smallest absolute Gasteiger partial charge is 0.264 e. The number of nitrogens with zero attached hydrogens (tertiary/aromatic N) is 1. The number of halogens is 1. The van der Waals surface area contributed by atoms with E-state index in [4.69, 9.17) is 5.73 Å². The summed E-state index contributed by atoms with van der Waals surface area (Å²) in [5.41, 5.74) is 7.30. The van der Waals surface area contributed by atoms with Gasteiger partial charge in [0.15, 0.2) is 0 Å². The molecule has 2 rings (SSSR count). The molecule has 106 valence electrons. The van der Waals surface area contributed by atoms with Gasteiger partial charge in [0, 0.05) is 12.7 Å². The first-order valence-electron chi connectivity index (χ1n) is 5.93. The molecule has 0 aliphatic carbocycles. The number of hydrogen-bond acceptors (Lipinski definition) is 3. The monoisotopic (exact) mass is 294 g/mol. The van der Waals surface area contributed by atoms with Crippen LogP contribution in [0.1, 0.15) is 5.56 Å². The zero-order valence-electron chi connectivity index (χ0n) is 11.2. The Morgan fingerprint density at radius 2 is 1.70 bits per heavy atom. The van der Waals surface area contributed by atoms with Crippen molar-refractivity contribution in [1.82, 2.24) is 0 Å². The molecule has 0 saturated heterocycles. The zero-order valence-corrected chi connectivity index (χ0v) is 12.0. The number of anilines is 2. The number of sulfonamides is 1. The maximum atomic E-state index is 12.9. The fourth-order valence-corrected chi connectivity index (χ4v) is 3.04. The van der Waals surface area contributed by atoms with Gasteiger partial charge in [-0.15, -0.1) is 0 Å². The molecule has 2 N–H and O–H groups in total. The van der Waals surface area contributed by atoms with Crippen molar-refractivity contribution in [3.05, 3.63) is 53.8 Å². The van der Waals surface area contributed by atoms with Crippen LogP contribution < -0.4 is 10.0 Å². The molecule has 0 bridgehead atoms. The minimum absolute atomic E-state index is 0.149. The number of nitrogen functional groups attached to an aromatic ring is 1. The summed E-state index contributed by atoms with van der Waals surface area (Å²) >= 11 is 0. The van der Waals surface area contributed by atoms with Crippen molar-refractivity contribution in [3.63, 3.8) is 0 Å². The highest BCUT2D eigenvalue weighted by Gasteiger charge is 2.21. The molecule has 0 spiro atoms. The van der Waals surface area contributed by atoms with E-state index in [9.17, 15) is 12.8 Å². The Hall–Kier alpha value is -2.08. The van der Waals surface area contributed by atoms with Crippen molar-refractivity contribution < 1.29 is 12.8 Å². The fourth-order valence-electron chi connectivity index (χ4n) is 1.76. The van der Waals surface area contributed by atoms with E-state index < -0.39 is 15.8 Å². The van der Waals surface area contributed by atoms with E-state index in [1.165, 1.54) is 43.4 Å². The first-order chi connectivity index (χ1) is 9.32. The van der Waals surface area contributed by atoms with Gasteiger partial charge in [-0.25, -0.2) is 12.8 Å². The van der Waals surface area contributed by atoms with Crippen LogP contribution in [0.15, 0.2) is 47.4 Å². The molecule has 0 radical (unpaired) electrons. The van der Waals surface area contributed by atoms with E-state index in [1.54, 1.807) is 13.0 Å². The molecule has 4 nitrogen and oxygen atoms in total. The van der Waals surface area contributed by atoms with Crippen molar-refractivity contribution >= 4 is 21.4 Å². The Labute approximate surface area is 117 Å². The summed E-state index contributed by atoms with van der Waals surface area (Å²) in [5.74, 6) is -0.414. The molecule has 0 heterocycles. The van der Waals surface area contributed by atoms with Crippen molar-refractivity contribution in [2.75, 3.05) is 17.1 Å². The molecule has 2 aromatic rings. The van der Waals surface area contributed by atoms with E-state index in [0.29, 0.717) is 16.9 Å². The van der Waals surface area contributed by atoms with Crippen LogP contribution in [0.4, 0.5) is 15.8 Å². The number of hydrogen-bond donors (Lipinski definition) is 1. The van der Waals surface area contributed by atoms with Crippen molar-refractivity contribution in [1.29, 1.82) is 0 Å². The third kappa shape index (κ3) is 2.60. The predicted molar refractivity (Wildman–Crippen MR) is 77.6 cm³/mol. The van der Waals surface area contributed by atoms with Crippen LogP contribution in [0.2, 0.25) is 0 Å². The van der Waals surface area contributed by atoms with Gasteiger partial charge in [0.1, 0.15) is 5.82 Å². The van der Waals surface area contributed by atoms with Crippen molar-refractivity contribution in [2.24, 2.45) is 0 Å². The third-order valence-corrected chi connectivity index (χ3v) is 4.87. The van der Waals surface area contributed by atoms with Gasteiger partial charge >= 0.3 is 0 Å². The summed E-state index contributed by atoms with van der Waals surface area (Å²) in [5, 5.41) is 0. The van der Waals surface area contributed by atoms with Crippen LogP contribution in [0.25, 0.3) is 0 Å². The summed E-state index contributed by atoms with van der Waals surface area (Å²) < 4.78 is 38.9. The van der Waals surface area contributed by atoms with Gasteiger partial charge < -0.3 is 5.73 Å². The minimum Gasteiger partial charge on any atom is -0.399 e. The van der Waals surface area contributed by atoms with Crippen molar-refractivity contribution in [3.8, 4) is 0 Å². The van der Waals surface area contributed by atoms with Crippen LogP contribution in [-0.2, 0) is 10.0 Å². The number of nitrogens with two attached hydrogens (primary N) is 1. The second kappa shape index (κ2) is 5.13. The van der Waals surface area contributed by atoms with Crippen LogP contribution in [-0.4, -0.2) is 15.5 Å². The number of aryl methyl sites for hydroxylation is 1. The quantitative estimate of drug-likeness (QED) is 0.885. The minimum atomic E-state index is -3.69. The largest absolute Gasteiger partial charge is 0.399 e. The van der Waals surface area contributed by atoms with Crippen LogP contribution in [0.5, 0.6) is 0 Å². The van der Waals surface area contributed by atoms with Gasteiger partial charge in [0.25, 0.3) is 10.0 Å². The van der Waals surface area contributed by atoms with Crippen LogP contribution >= 0.6 is 0 Å². The maximum Gasteiger partial charge on any atom is 0.264 e. The van der Waals surface area contributed by atoms with E-state index in [0.717, 1.165) is 4.31 Å². The summed E-state index contributed by atoms with van der Waals surface area (Å²) in [7, 11) is -2.26. The maximum absolute atomic E-state index is 12.9. The highest BCUT2D eigenvalue weighted by molar-refractivity contribution is 7.92.